The molecule has 0 unspecified atom stereocenters. The van der Waals surface area contributed by atoms with Crippen LogP contribution in [0.1, 0.15) is 18.9 Å². The standard InChI is InChI=1S/C18H18Cl4N4O2/c1-2-28-18(27)8-17(25-16-7-11(23)3-4-13(16)20)26-24-9-12-14(21)5-10(19)6-15(12)22/h3-7,9,17,25-26H,2,8,23H2,1H3/b24-9+/t17-/m1/s1. The van der Waals surface area contributed by atoms with E-state index < -0.39 is 12.1 Å². The van der Waals surface area contributed by atoms with Gasteiger partial charge in [-0.25, -0.2) is 0 Å². The Labute approximate surface area is 182 Å². The van der Waals surface area contributed by atoms with Gasteiger partial charge in [-0.15, -0.1) is 0 Å². The van der Waals surface area contributed by atoms with Crippen molar-refractivity contribution in [2.45, 2.75) is 19.5 Å². The second-order valence-corrected chi connectivity index (χ2v) is 7.27. The van der Waals surface area contributed by atoms with Crippen molar-refractivity contribution < 1.29 is 9.53 Å². The van der Waals surface area contributed by atoms with Gasteiger partial charge in [0.25, 0.3) is 0 Å². The fraction of sp³-hybridized carbons (Fsp3) is 0.222. The molecule has 1 atom stereocenters. The first-order valence-electron chi connectivity index (χ1n) is 8.20. The summed E-state index contributed by atoms with van der Waals surface area (Å²) in [6.07, 6.45) is 0.791. The van der Waals surface area contributed by atoms with Crippen molar-refractivity contribution in [3.63, 3.8) is 0 Å². The van der Waals surface area contributed by atoms with Crippen molar-refractivity contribution in [2.75, 3.05) is 17.7 Å². The first-order valence-corrected chi connectivity index (χ1v) is 9.71. The molecule has 0 radical (unpaired) electrons. The summed E-state index contributed by atoms with van der Waals surface area (Å²) in [5.41, 5.74) is 10.2. The van der Waals surface area contributed by atoms with Crippen LogP contribution in [0.15, 0.2) is 35.4 Å². The molecule has 0 saturated heterocycles. The smallest absolute Gasteiger partial charge is 0.309 e. The predicted octanol–water partition coefficient (Wildman–Crippen LogP) is 5.20. The van der Waals surface area contributed by atoms with Crippen LogP contribution in [-0.4, -0.2) is 25.0 Å². The summed E-state index contributed by atoms with van der Waals surface area (Å²) in [5, 5.41) is 8.75. The van der Waals surface area contributed by atoms with E-state index in [2.05, 4.69) is 15.8 Å². The van der Waals surface area contributed by atoms with Crippen LogP contribution in [0.25, 0.3) is 0 Å². The molecular weight excluding hydrogens is 446 g/mol. The van der Waals surface area contributed by atoms with E-state index in [9.17, 15) is 4.79 Å². The fourth-order valence-corrected chi connectivity index (χ4v) is 3.31. The number of carbonyl (C=O) groups is 1. The number of rotatable bonds is 8. The number of nitrogen functional groups attached to an aromatic ring is 1. The van der Waals surface area contributed by atoms with Crippen LogP contribution >= 0.6 is 46.4 Å². The maximum Gasteiger partial charge on any atom is 0.309 e. The van der Waals surface area contributed by atoms with Gasteiger partial charge >= 0.3 is 5.97 Å². The summed E-state index contributed by atoms with van der Waals surface area (Å²) < 4.78 is 4.99. The topological polar surface area (TPSA) is 88.7 Å². The molecule has 4 N–H and O–H groups in total. The molecular formula is C18H18Cl4N4O2. The van der Waals surface area contributed by atoms with E-state index in [1.807, 2.05) is 0 Å². The van der Waals surface area contributed by atoms with Crippen molar-refractivity contribution in [1.82, 2.24) is 5.43 Å². The van der Waals surface area contributed by atoms with Crippen molar-refractivity contribution in [2.24, 2.45) is 5.10 Å². The van der Waals surface area contributed by atoms with Crippen LogP contribution in [0.2, 0.25) is 20.1 Å². The molecule has 0 saturated carbocycles. The number of hydrazone groups is 1. The summed E-state index contributed by atoms with van der Waals surface area (Å²) in [5.74, 6) is -0.412. The molecule has 0 aliphatic carbocycles. The number of esters is 1. The van der Waals surface area contributed by atoms with E-state index in [0.717, 1.165) is 0 Å². The van der Waals surface area contributed by atoms with Gasteiger partial charge in [0.2, 0.25) is 0 Å². The van der Waals surface area contributed by atoms with Gasteiger partial charge in [0, 0.05) is 16.3 Å². The second-order valence-electron chi connectivity index (χ2n) is 5.62. The van der Waals surface area contributed by atoms with E-state index >= 15 is 0 Å². The first kappa shape index (κ1) is 22.4. The molecule has 10 heteroatoms. The first-order chi connectivity index (χ1) is 13.3. The summed E-state index contributed by atoms with van der Waals surface area (Å²) in [7, 11) is 0. The number of hydrogen-bond donors (Lipinski definition) is 3. The Kier molecular flexibility index (Phi) is 8.51. The molecule has 0 aliphatic heterocycles. The molecule has 150 valence electrons. The van der Waals surface area contributed by atoms with E-state index in [1.165, 1.54) is 6.21 Å². The van der Waals surface area contributed by atoms with Crippen LogP contribution in [0, 0.1) is 0 Å². The quantitative estimate of drug-likeness (QED) is 0.164. The van der Waals surface area contributed by atoms with E-state index in [0.29, 0.717) is 37.0 Å². The van der Waals surface area contributed by atoms with E-state index in [-0.39, 0.29) is 13.0 Å². The molecule has 0 aliphatic rings. The van der Waals surface area contributed by atoms with Gasteiger partial charge in [0.1, 0.15) is 6.17 Å². The van der Waals surface area contributed by atoms with Gasteiger partial charge in [0.05, 0.1) is 40.0 Å². The fourth-order valence-electron chi connectivity index (χ4n) is 2.23. The number of nitrogens with one attached hydrogen (secondary N) is 2. The van der Waals surface area contributed by atoms with Gasteiger partial charge in [0.15, 0.2) is 0 Å². The average molecular weight is 464 g/mol. The van der Waals surface area contributed by atoms with Crippen molar-refractivity contribution in [3.05, 3.63) is 56.0 Å². The Bertz CT molecular complexity index is 854. The molecule has 28 heavy (non-hydrogen) atoms. The Balaban J connectivity index is 2.17. The number of nitrogens with zero attached hydrogens (tertiary/aromatic N) is 1. The van der Waals surface area contributed by atoms with Crippen LogP contribution in [0.5, 0.6) is 0 Å². The number of benzene rings is 2. The van der Waals surface area contributed by atoms with Gasteiger partial charge in [-0.05, 0) is 37.3 Å². The van der Waals surface area contributed by atoms with E-state index in [4.69, 9.17) is 56.9 Å². The van der Waals surface area contributed by atoms with Crippen molar-refractivity contribution >= 4 is 70.0 Å². The number of halogens is 4. The minimum atomic E-state index is -0.626. The Morgan fingerprint density at radius 3 is 2.50 bits per heavy atom. The van der Waals surface area contributed by atoms with Gasteiger partial charge in [-0.1, -0.05) is 46.4 Å². The molecule has 0 bridgehead atoms. The Hall–Kier alpha value is -1.86. The van der Waals surface area contributed by atoms with Crippen molar-refractivity contribution in [1.29, 1.82) is 0 Å². The highest BCUT2D eigenvalue weighted by molar-refractivity contribution is 6.41. The maximum absolute atomic E-state index is 11.9. The van der Waals surface area contributed by atoms with Gasteiger partial charge < -0.3 is 15.8 Å². The zero-order valence-electron chi connectivity index (χ0n) is 14.8. The average Bonchev–Trinajstić information content (AvgIpc) is 2.60. The number of nitrogens with two attached hydrogens (primary N) is 1. The van der Waals surface area contributed by atoms with Crippen LogP contribution < -0.4 is 16.5 Å². The highest BCUT2D eigenvalue weighted by Crippen LogP contribution is 2.28. The highest BCUT2D eigenvalue weighted by Gasteiger charge is 2.16. The SMILES string of the molecule is CCOC(=O)C[C@@H](N/N=C/c1c(Cl)cc(Cl)cc1Cl)Nc1cc(N)ccc1Cl. The highest BCUT2D eigenvalue weighted by atomic mass is 35.5. The lowest BCUT2D eigenvalue weighted by atomic mass is 10.2. The summed E-state index contributed by atoms with van der Waals surface area (Å²) in [4.78, 5) is 11.9. The number of ether oxygens (including phenoxy) is 1. The molecule has 0 fully saturated rings. The summed E-state index contributed by atoms with van der Waals surface area (Å²) in [6.45, 7) is 2.00. The molecule has 2 rings (SSSR count). The molecule has 2 aromatic carbocycles. The van der Waals surface area contributed by atoms with Crippen LogP contribution in [-0.2, 0) is 9.53 Å². The Morgan fingerprint density at radius 2 is 1.86 bits per heavy atom. The van der Waals surface area contributed by atoms with E-state index in [1.54, 1.807) is 37.3 Å². The monoisotopic (exact) mass is 462 g/mol. The Morgan fingerprint density at radius 1 is 1.18 bits per heavy atom. The molecule has 0 heterocycles. The van der Waals surface area contributed by atoms with Crippen LogP contribution in [0.3, 0.4) is 0 Å². The number of carbonyl (C=O) groups excluding carboxylic acids is 1. The lowest BCUT2D eigenvalue weighted by molar-refractivity contribution is -0.143. The molecule has 0 aromatic heterocycles. The van der Waals surface area contributed by atoms with Crippen LogP contribution in [0.4, 0.5) is 11.4 Å². The molecule has 2 aromatic rings. The zero-order valence-corrected chi connectivity index (χ0v) is 17.8. The third-order valence-corrected chi connectivity index (χ3v) is 4.64. The maximum atomic E-state index is 11.9. The lowest BCUT2D eigenvalue weighted by Gasteiger charge is -2.20. The zero-order chi connectivity index (χ0) is 20.7. The minimum Gasteiger partial charge on any atom is -0.466 e. The second kappa shape index (κ2) is 10.6. The summed E-state index contributed by atoms with van der Waals surface area (Å²) >= 11 is 24.3. The number of hydrogen-bond acceptors (Lipinski definition) is 6. The third kappa shape index (κ3) is 6.63. The normalized spacial score (nSPS) is 12.0. The largest absolute Gasteiger partial charge is 0.466 e. The molecule has 0 amide bonds. The molecule has 6 nitrogen and oxygen atoms in total. The summed E-state index contributed by atoms with van der Waals surface area (Å²) in [6, 6.07) is 8.08. The molecule has 0 spiro atoms. The third-order valence-electron chi connectivity index (χ3n) is 3.46. The van der Waals surface area contributed by atoms with Gasteiger partial charge in [-0.3, -0.25) is 10.2 Å². The predicted molar refractivity (Wildman–Crippen MR) is 117 cm³/mol. The lowest BCUT2D eigenvalue weighted by Crippen LogP contribution is -2.35. The minimum absolute atomic E-state index is 0.0155. The van der Waals surface area contributed by atoms with Gasteiger partial charge in [-0.2, -0.15) is 5.10 Å². The van der Waals surface area contributed by atoms with Crippen molar-refractivity contribution in [3.8, 4) is 0 Å². The number of anilines is 2.